The Labute approximate surface area is 100 Å². The monoisotopic (exact) mass is 233 g/mol. The van der Waals surface area contributed by atoms with Crippen LogP contribution in [-0.2, 0) is 9.47 Å². The molecule has 90 valence electrons. The quantitative estimate of drug-likeness (QED) is 0.788. The number of fused-ring (bicyclic) bond motifs is 1. The molecule has 4 heteroatoms. The first-order valence-electron chi connectivity index (χ1n) is 5.54. The number of methoxy groups -OCH3 is 1. The molecular weight excluding hydrogens is 218 g/mol. The van der Waals surface area contributed by atoms with Crippen molar-refractivity contribution in [3.05, 3.63) is 35.9 Å². The maximum atomic E-state index is 11.9. The molecule has 0 bridgehead atoms. The van der Waals surface area contributed by atoms with E-state index in [1.165, 1.54) is 4.90 Å². The predicted molar refractivity (Wildman–Crippen MR) is 65.8 cm³/mol. The summed E-state index contributed by atoms with van der Waals surface area (Å²) >= 11 is 0. The fourth-order valence-corrected chi connectivity index (χ4v) is 1.84. The van der Waals surface area contributed by atoms with Gasteiger partial charge in [-0.3, -0.25) is 0 Å². The molecule has 0 N–H and O–H groups in total. The zero-order valence-corrected chi connectivity index (χ0v) is 9.92. The molecule has 1 atom stereocenters. The molecule has 1 aliphatic heterocycles. The topological polar surface area (TPSA) is 38.8 Å². The van der Waals surface area contributed by atoms with Gasteiger partial charge in [-0.25, -0.2) is 9.69 Å². The summed E-state index contributed by atoms with van der Waals surface area (Å²) in [6.45, 7) is 2.13. The normalized spacial score (nSPS) is 17.8. The van der Waals surface area contributed by atoms with Crippen LogP contribution in [0, 0.1) is 0 Å². The number of para-hydroxylation sites is 1. The number of carbonyl (C=O) groups excluding carboxylic acids is 1. The molecule has 4 nitrogen and oxygen atoms in total. The van der Waals surface area contributed by atoms with E-state index in [-0.39, 0.29) is 0 Å². The first-order chi connectivity index (χ1) is 8.27. The molecule has 1 aromatic rings. The van der Waals surface area contributed by atoms with Crippen LogP contribution in [0.25, 0.3) is 6.08 Å². The van der Waals surface area contributed by atoms with Gasteiger partial charge in [0.15, 0.2) is 6.23 Å². The molecule has 0 aliphatic carbocycles. The van der Waals surface area contributed by atoms with Crippen molar-refractivity contribution in [1.29, 1.82) is 0 Å². The van der Waals surface area contributed by atoms with E-state index in [1.807, 2.05) is 36.4 Å². The van der Waals surface area contributed by atoms with Crippen LogP contribution in [0.2, 0.25) is 0 Å². The van der Waals surface area contributed by atoms with E-state index in [4.69, 9.17) is 9.47 Å². The number of rotatable bonds is 2. The minimum atomic E-state index is -0.413. The average molecular weight is 233 g/mol. The van der Waals surface area contributed by atoms with E-state index in [0.29, 0.717) is 6.61 Å². The van der Waals surface area contributed by atoms with Gasteiger partial charge in [-0.05, 0) is 24.6 Å². The summed E-state index contributed by atoms with van der Waals surface area (Å²) in [5.74, 6) is 0. The van der Waals surface area contributed by atoms with Crippen molar-refractivity contribution >= 4 is 17.9 Å². The highest BCUT2D eigenvalue weighted by molar-refractivity contribution is 5.93. The van der Waals surface area contributed by atoms with Crippen LogP contribution in [0.4, 0.5) is 10.5 Å². The number of carbonyl (C=O) groups is 1. The number of amides is 1. The van der Waals surface area contributed by atoms with Gasteiger partial charge in [-0.15, -0.1) is 0 Å². The third-order valence-corrected chi connectivity index (χ3v) is 2.60. The van der Waals surface area contributed by atoms with Crippen molar-refractivity contribution in [2.24, 2.45) is 0 Å². The molecule has 0 fully saturated rings. The number of ether oxygens (including phenoxy) is 2. The fraction of sp³-hybridized carbons (Fsp3) is 0.308. The fourth-order valence-electron chi connectivity index (χ4n) is 1.84. The van der Waals surface area contributed by atoms with Gasteiger partial charge >= 0.3 is 6.09 Å². The summed E-state index contributed by atoms with van der Waals surface area (Å²) in [6, 6.07) is 7.64. The zero-order chi connectivity index (χ0) is 12.3. The molecule has 1 amide bonds. The van der Waals surface area contributed by atoms with Crippen LogP contribution in [0.3, 0.4) is 0 Å². The second-order valence-corrected chi connectivity index (χ2v) is 3.61. The van der Waals surface area contributed by atoms with Gasteiger partial charge in [-0.1, -0.05) is 24.3 Å². The lowest BCUT2D eigenvalue weighted by molar-refractivity contribution is 0.112. The Hall–Kier alpha value is -1.81. The van der Waals surface area contributed by atoms with Crippen LogP contribution in [0.15, 0.2) is 30.3 Å². The summed E-state index contributed by atoms with van der Waals surface area (Å²) < 4.78 is 10.3. The smallest absolute Gasteiger partial charge is 0.416 e. The Kier molecular flexibility index (Phi) is 3.44. The summed E-state index contributed by atoms with van der Waals surface area (Å²) in [7, 11) is 1.56. The highest BCUT2D eigenvalue weighted by atomic mass is 16.6. The first kappa shape index (κ1) is 11.7. The molecule has 1 aromatic carbocycles. The summed E-state index contributed by atoms with van der Waals surface area (Å²) in [6.07, 6.45) is 2.97. The van der Waals surface area contributed by atoms with Crippen molar-refractivity contribution in [2.45, 2.75) is 13.2 Å². The van der Waals surface area contributed by atoms with Gasteiger partial charge < -0.3 is 9.47 Å². The van der Waals surface area contributed by atoms with E-state index in [0.717, 1.165) is 11.3 Å². The molecule has 0 aromatic heterocycles. The minimum absolute atomic E-state index is 0.345. The first-order valence-corrected chi connectivity index (χ1v) is 5.54. The number of hydrogen-bond donors (Lipinski definition) is 0. The third kappa shape index (κ3) is 2.17. The van der Waals surface area contributed by atoms with Crippen LogP contribution >= 0.6 is 0 Å². The molecule has 1 heterocycles. The number of anilines is 1. The Morgan fingerprint density at radius 1 is 1.41 bits per heavy atom. The van der Waals surface area contributed by atoms with E-state index in [1.54, 1.807) is 14.0 Å². The number of nitrogens with zero attached hydrogens (tertiary/aromatic N) is 1. The lowest BCUT2D eigenvalue weighted by atomic mass is 10.1. The second-order valence-electron chi connectivity index (χ2n) is 3.61. The standard InChI is InChI=1S/C13H15NO3/c1-3-17-13(15)14-11-7-5-4-6-10(11)8-9-12(14)16-2/h4-9,12H,3H2,1-2H3/t12-/m0/s1. The molecule has 0 unspecified atom stereocenters. The van der Waals surface area contributed by atoms with Gasteiger partial charge in [0.2, 0.25) is 0 Å². The molecule has 0 radical (unpaired) electrons. The summed E-state index contributed by atoms with van der Waals surface area (Å²) in [4.78, 5) is 13.4. The molecule has 0 spiro atoms. The highest BCUT2D eigenvalue weighted by Crippen LogP contribution is 2.29. The summed E-state index contributed by atoms with van der Waals surface area (Å²) in [5.41, 5.74) is 1.79. The van der Waals surface area contributed by atoms with Crippen molar-refractivity contribution < 1.29 is 14.3 Å². The average Bonchev–Trinajstić information content (AvgIpc) is 2.37. The maximum Gasteiger partial charge on any atom is 0.416 e. The Morgan fingerprint density at radius 2 is 2.18 bits per heavy atom. The zero-order valence-electron chi connectivity index (χ0n) is 9.92. The van der Waals surface area contributed by atoms with Crippen molar-refractivity contribution in [2.75, 3.05) is 18.6 Å². The molecular formula is C13H15NO3. The van der Waals surface area contributed by atoms with Crippen LogP contribution in [0.1, 0.15) is 12.5 Å². The highest BCUT2D eigenvalue weighted by Gasteiger charge is 2.28. The second kappa shape index (κ2) is 5.01. The SMILES string of the molecule is CCOC(=O)N1c2ccccc2C=C[C@@H]1OC. The number of benzene rings is 1. The maximum absolute atomic E-state index is 11.9. The lowest BCUT2D eigenvalue weighted by Crippen LogP contribution is -2.42. The van der Waals surface area contributed by atoms with Crippen LogP contribution in [0.5, 0.6) is 0 Å². The van der Waals surface area contributed by atoms with Gasteiger partial charge in [0.25, 0.3) is 0 Å². The molecule has 17 heavy (non-hydrogen) atoms. The van der Waals surface area contributed by atoms with E-state index in [2.05, 4.69) is 0 Å². The third-order valence-electron chi connectivity index (χ3n) is 2.60. The van der Waals surface area contributed by atoms with Gasteiger partial charge in [-0.2, -0.15) is 0 Å². The molecule has 0 saturated carbocycles. The minimum Gasteiger partial charge on any atom is -0.449 e. The lowest BCUT2D eigenvalue weighted by Gasteiger charge is -2.31. The molecule has 0 saturated heterocycles. The van der Waals surface area contributed by atoms with E-state index >= 15 is 0 Å². The Bertz CT molecular complexity index is 442. The van der Waals surface area contributed by atoms with Gasteiger partial charge in [0.1, 0.15) is 0 Å². The van der Waals surface area contributed by atoms with Crippen molar-refractivity contribution in [3.8, 4) is 0 Å². The Balaban J connectivity index is 2.38. The van der Waals surface area contributed by atoms with Crippen LogP contribution < -0.4 is 4.90 Å². The largest absolute Gasteiger partial charge is 0.449 e. The Morgan fingerprint density at radius 3 is 2.88 bits per heavy atom. The van der Waals surface area contributed by atoms with Crippen LogP contribution in [-0.4, -0.2) is 26.0 Å². The van der Waals surface area contributed by atoms with E-state index < -0.39 is 12.3 Å². The number of hydrogen-bond acceptors (Lipinski definition) is 3. The van der Waals surface area contributed by atoms with Gasteiger partial charge in [0.05, 0.1) is 12.3 Å². The summed E-state index contributed by atoms with van der Waals surface area (Å²) in [5, 5.41) is 0. The van der Waals surface area contributed by atoms with Gasteiger partial charge in [0, 0.05) is 7.11 Å². The molecule has 1 aliphatic rings. The predicted octanol–water partition coefficient (Wildman–Crippen LogP) is 2.65. The van der Waals surface area contributed by atoms with E-state index in [9.17, 15) is 4.79 Å². The van der Waals surface area contributed by atoms with Crippen molar-refractivity contribution in [1.82, 2.24) is 0 Å². The molecule has 2 rings (SSSR count). The van der Waals surface area contributed by atoms with Crippen molar-refractivity contribution in [3.63, 3.8) is 0 Å².